The Morgan fingerprint density at radius 2 is 1.53 bits per heavy atom. The van der Waals surface area contributed by atoms with Gasteiger partial charge in [0.2, 0.25) is 0 Å². The zero-order valence-corrected chi connectivity index (χ0v) is 16.4. The second kappa shape index (κ2) is 6.74. The van der Waals surface area contributed by atoms with Crippen molar-refractivity contribution in [2.45, 2.75) is 13.0 Å². The molecule has 0 amide bonds. The lowest BCUT2D eigenvalue weighted by Gasteiger charge is -2.19. The van der Waals surface area contributed by atoms with Crippen LogP contribution < -0.4 is 5.32 Å². The smallest absolute Gasteiger partial charge is 0.0633 e. The van der Waals surface area contributed by atoms with Crippen molar-refractivity contribution in [2.24, 2.45) is 0 Å². The average Bonchev–Trinajstić information content (AvgIpc) is 2.33. The fraction of sp³-hybridized carbons (Fsp3) is 0.143. The number of nitrogens with one attached hydrogen (secondary N) is 1. The van der Waals surface area contributed by atoms with Crippen molar-refractivity contribution in [3.8, 4) is 0 Å². The summed E-state index contributed by atoms with van der Waals surface area (Å²) in [6, 6.07) is 12.5. The van der Waals surface area contributed by atoms with Crippen LogP contribution >= 0.6 is 63.7 Å². The van der Waals surface area contributed by atoms with E-state index in [2.05, 4.69) is 88.1 Å². The molecule has 100 valence electrons. The van der Waals surface area contributed by atoms with Crippen molar-refractivity contribution in [3.05, 3.63) is 59.9 Å². The van der Waals surface area contributed by atoms with Crippen LogP contribution in [-0.4, -0.2) is 0 Å². The van der Waals surface area contributed by atoms with Crippen LogP contribution in [0.5, 0.6) is 0 Å². The van der Waals surface area contributed by atoms with Gasteiger partial charge in [-0.25, -0.2) is 0 Å². The summed E-state index contributed by atoms with van der Waals surface area (Å²) in [4.78, 5) is 0. The summed E-state index contributed by atoms with van der Waals surface area (Å²) in [6.45, 7) is 2.14. The van der Waals surface area contributed by atoms with Gasteiger partial charge in [-0.1, -0.05) is 44.0 Å². The van der Waals surface area contributed by atoms with Crippen LogP contribution in [0.1, 0.15) is 18.5 Å². The molecule has 0 spiro atoms. The Kier molecular flexibility index (Phi) is 5.52. The minimum Gasteiger partial charge on any atom is -0.377 e. The predicted octanol–water partition coefficient (Wildman–Crippen LogP) is 6.91. The molecular formula is C14H11Br4N. The number of halogens is 4. The molecule has 2 rings (SSSR count). The quantitative estimate of drug-likeness (QED) is 0.471. The number of anilines is 1. The lowest BCUT2D eigenvalue weighted by Crippen LogP contribution is -2.08. The molecule has 0 saturated heterocycles. The topological polar surface area (TPSA) is 12.0 Å². The normalized spacial score (nSPS) is 12.3. The third kappa shape index (κ3) is 3.84. The van der Waals surface area contributed by atoms with Gasteiger partial charge in [-0.3, -0.25) is 0 Å². The van der Waals surface area contributed by atoms with Crippen molar-refractivity contribution in [3.63, 3.8) is 0 Å². The lowest BCUT2D eigenvalue weighted by molar-refractivity contribution is 0.876. The summed E-state index contributed by atoms with van der Waals surface area (Å²) >= 11 is 14.2. The van der Waals surface area contributed by atoms with E-state index >= 15 is 0 Å². The minimum absolute atomic E-state index is 0.192. The maximum atomic E-state index is 3.60. The highest BCUT2D eigenvalue weighted by Gasteiger charge is 2.12. The molecule has 1 atom stereocenters. The van der Waals surface area contributed by atoms with E-state index in [9.17, 15) is 0 Å². The number of benzene rings is 2. The van der Waals surface area contributed by atoms with E-state index in [0.717, 1.165) is 23.6 Å². The SMILES string of the molecule is CC(Nc1c(Br)cccc1Br)c1ccc(Br)cc1Br. The zero-order valence-electron chi connectivity index (χ0n) is 10.1. The fourth-order valence-corrected chi connectivity index (χ4v) is 4.40. The van der Waals surface area contributed by atoms with E-state index in [0.29, 0.717) is 0 Å². The van der Waals surface area contributed by atoms with Gasteiger partial charge in [-0.05, 0) is 68.6 Å². The third-order valence-electron chi connectivity index (χ3n) is 2.75. The number of hydrogen-bond donors (Lipinski definition) is 1. The molecule has 0 saturated carbocycles. The number of para-hydroxylation sites is 1. The van der Waals surface area contributed by atoms with E-state index in [1.807, 2.05) is 24.3 Å². The van der Waals surface area contributed by atoms with Gasteiger partial charge in [0, 0.05) is 23.9 Å². The Balaban J connectivity index is 2.28. The zero-order chi connectivity index (χ0) is 14.0. The van der Waals surface area contributed by atoms with E-state index in [1.54, 1.807) is 0 Å². The van der Waals surface area contributed by atoms with E-state index in [1.165, 1.54) is 5.56 Å². The van der Waals surface area contributed by atoms with Crippen molar-refractivity contribution >= 4 is 69.4 Å². The maximum Gasteiger partial charge on any atom is 0.0633 e. The molecule has 0 aliphatic carbocycles. The first-order chi connectivity index (χ1) is 8.99. The molecule has 0 aliphatic heterocycles. The largest absolute Gasteiger partial charge is 0.377 e. The molecule has 0 radical (unpaired) electrons. The van der Waals surface area contributed by atoms with Gasteiger partial charge in [-0.15, -0.1) is 0 Å². The highest BCUT2D eigenvalue weighted by atomic mass is 79.9. The summed E-state index contributed by atoms with van der Waals surface area (Å²) < 4.78 is 4.24. The van der Waals surface area contributed by atoms with Gasteiger partial charge in [-0.2, -0.15) is 0 Å². The van der Waals surface area contributed by atoms with Crippen LogP contribution in [0.25, 0.3) is 0 Å². The predicted molar refractivity (Wildman–Crippen MR) is 95.7 cm³/mol. The van der Waals surface area contributed by atoms with Crippen LogP contribution in [0.15, 0.2) is 54.3 Å². The first kappa shape index (κ1) is 15.5. The number of rotatable bonds is 3. The van der Waals surface area contributed by atoms with E-state index < -0.39 is 0 Å². The molecule has 2 aromatic rings. The molecule has 19 heavy (non-hydrogen) atoms. The Morgan fingerprint density at radius 3 is 2.11 bits per heavy atom. The van der Waals surface area contributed by atoms with E-state index in [4.69, 9.17) is 0 Å². The molecule has 5 heteroatoms. The van der Waals surface area contributed by atoms with Crippen LogP contribution in [0.4, 0.5) is 5.69 Å². The van der Waals surface area contributed by atoms with Gasteiger partial charge < -0.3 is 5.32 Å². The molecule has 1 unspecified atom stereocenters. The summed E-state index contributed by atoms with van der Waals surface area (Å²) in [5, 5.41) is 3.52. The second-order valence-electron chi connectivity index (χ2n) is 4.13. The van der Waals surface area contributed by atoms with Gasteiger partial charge in [0.25, 0.3) is 0 Å². The lowest BCUT2D eigenvalue weighted by atomic mass is 10.1. The maximum absolute atomic E-state index is 3.60. The first-order valence-electron chi connectivity index (χ1n) is 5.64. The van der Waals surface area contributed by atoms with E-state index in [-0.39, 0.29) is 6.04 Å². The summed E-state index contributed by atoms with van der Waals surface area (Å²) in [7, 11) is 0. The molecule has 0 aromatic heterocycles. The highest BCUT2D eigenvalue weighted by Crippen LogP contribution is 2.35. The standard InChI is InChI=1S/C14H11Br4N/c1-8(10-6-5-9(15)7-13(10)18)19-14-11(16)3-2-4-12(14)17/h2-8,19H,1H3. The summed E-state index contributed by atoms with van der Waals surface area (Å²) in [5.41, 5.74) is 2.27. The molecule has 0 aliphatic rings. The molecule has 1 N–H and O–H groups in total. The van der Waals surface area contributed by atoms with Crippen LogP contribution in [-0.2, 0) is 0 Å². The van der Waals surface area contributed by atoms with Gasteiger partial charge in [0.1, 0.15) is 0 Å². The average molecular weight is 513 g/mol. The Morgan fingerprint density at radius 1 is 0.895 bits per heavy atom. The molecule has 1 nitrogen and oxygen atoms in total. The molecule has 0 bridgehead atoms. The van der Waals surface area contributed by atoms with Gasteiger partial charge in [0.05, 0.1) is 5.69 Å². The number of hydrogen-bond acceptors (Lipinski definition) is 1. The Labute approximate surface area is 146 Å². The summed E-state index contributed by atoms with van der Waals surface area (Å²) in [5.74, 6) is 0. The molecule has 0 heterocycles. The first-order valence-corrected chi connectivity index (χ1v) is 8.81. The fourth-order valence-electron chi connectivity index (χ4n) is 1.78. The Hall–Kier alpha value is 0.160. The van der Waals surface area contributed by atoms with Crippen molar-refractivity contribution in [1.82, 2.24) is 0 Å². The van der Waals surface area contributed by atoms with Crippen LogP contribution in [0.3, 0.4) is 0 Å². The van der Waals surface area contributed by atoms with Crippen molar-refractivity contribution in [1.29, 1.82) is 0 Å². The van der Waals surface area contributed by atoms with Gasteiger partial charge in [0.15, 0.2) is 0 Å². The minimum atomic E-state index is 0.192. The third-order valence-corrected chi connectivity index (χ3v) is 5.25. The molecule has 0 fully saturated rings. The van der Waals surface area contributed by atoms with Crippen molar-refractivity contribution < 1.29 is 0 Å². The summed E-state index contributed by atoms with van der Waals surface area (Å²) in [6.07, 6.45) is 0. The molecular weight excluding hydrogens is 502 g/mol. The highest BCUT2D eigenvalue weighted by molar-refractivity contribution is 9.11. The van der Waals surface area contributed by atoms with Gasteiger partial charge >= 0.3 is 0 Å². The molecule has 2 aromatic carbocycles. The second-order valence-corrected chi connectivity index (χ2v) is 7.61. The Bertz CT molecular complexity index is 578. The van der Waals surface area contributed by atoms with Crippen molar-refractivity contribution in [2.75, 3.05) is 5.32 Å². The monoisotopic (exact) mass is 509 g/mol. The van der Waals surface area contributed by atoms with Crippen LogP contribution in [0, 0.1) is 0 Å². The van der Waals surface area contributed by atoms with Crippen LogP contribution in [0.2, 0.25) is 0 Å².